The van der Waals surface area contributed by atoms with Crippen molar-refractivity contribution in [2.24, 2.45) is 5.92 Å². The quantitative estimate of drug-likeness (QED) is 0.189. The number of unbranched alkanes of at least 4 members (excludes halogenated alkanes) is 5. The van der Waals surface area contributed by atoms with E-state index in [4.69, 9.17) is 14.2 Å². The first kappa shape index (κ1) is 25.4. The van der Waals surface area contributed by atoms with Gasteiger partial charge in [-0.2, -0.15) is 0 Å². The molecule has 1 aliphatic heterocycles. The van der Waals surface area contributed by atoms with Crippen molar-refractivity contribution in [3.63, 3.8) is 0 Å². The molecule has 5 heteroatoms. The van der Waals surface area contributed by atoms with Crippen LogP contribution >= 0.6 is 0 Å². The lowest BCUT2D eigenvalue weighted by molar-refractivity contribution is -0.207. The minimum atomic E-state index is -0.734. The number of benzene rings is 2. The molecule has 4 nitrogen and oxygen atoms in total. The molecule has 0 aliphatic carbocycles. The molecule has 2 aromatic rings. The van der Waals surface area contributed by atoms with Gasteiger partial charge in [0.1, 0.15) is 11.6 Å². The molecular weight excluding hydrogens is 419 g/mol. The van der Waals surface area contributed by atoms with E-state index in [0.29, 0.717) is 30.4 Å². The van der Waals surface area contributed by atoms with Crippen LogP contribution in [0.1, 0.15) is 93.0 Å². The van der Waals surface area contributed by atoms with Crippen LogP contribution < -0.4 is 4.74 Å². The van der Waals surface area contributed by atoms with Gasteiger partial charge < -0.3 is 14.2 Å². The van der Waals surface area contributed by atoms with Crippen molar-refractivity contribution in [1.82, 2.24) is 0 Å². The van der Waals surface area contributed by atoms with Crippen LogP contribution in [0.2, 0.25) is 0 Å². The third kappa shape index (κ3) is 7.94. The molecule has 33 heavy (non-hydrogen) atoms. The highest BCUT2D eigenvalue weighted by molar-refractivity contribution is 5.91. The van der Waals surface area contributed by atoms with Gasteiger partial charge in [-0.25, -0.2) is 9.18 Å². The summed E-state index contributed by atoms with van der Waals surface area (Å²) in [5.74, 6) is -0.316. The van der Waals surface area contributed by atoms with E-state index in [0.717, 1.165) is 19.3 Å². The van der Waals surface area contributed by atoms with Gasteiger partial charge in [0.15, 0.2) is 6.29 Å². The van der Waals surface area contributed by atoms with Crippen LogP contribution in [0.3, 0.4) is 0 Å². The van der Waals surface area contributed by atoms with Gasteiger partial charge in [-0.3, -0.25) is 0 Å². The Bertz CT molecular complexity index is 857. The zero-order chi connectivity index (χ0) is 23.5. The molecule has 0 unspecified atom stereocenters. The van der Waals surface area contributed by atoms with E-state index in [-0.39, 0.29) is 5.56 Å². The fourth-order valence-electron chi connectivity index (χ4n) is 4.13. The predicted molar refractivity (Wildman–Crippen MR) is 128 cm³/mol. The third-order valence-corrected chi connectivity index (χ3v) is 6.10. The Morgan fingerprint density at radius 2 is 1.64 bits per heavy atom. The first-order valence-corrected chi connectivity index (χ1v) is 12.4. The molecular formula is C28H37FO4. The predicted octanol–water partition coefficient (Wildman–Crippen LogP) is 7.41. The molecule has 0 aromatic heterocycles. The zero-order valence-electron chi connectivity index (χ0n) is 20.0. The van der Waals surface area contributed by atoms with Crippen LogP contribution in [0.15, 0.2) is 42.5 Å². The Hall–Kier alpha value is -2.24. The van der Waals surface area contributed by atoms with Crippen molar-refractivity contribution in [3.05, 3.63) is 65.0 Å². The summed E-state index contributed by atoms with van der Waals surface area (Å²) in [6.07, 6.45) is 9.97. The average Bonchev–Trinajstić information content (AvgIpc) is 2.83. The normalized spacial score (nSPS) is 18.3. The van der Waals surface area contributed by atoms with Crippen molar-refractivity contribution >= 4 is 5.97 Å². The second-order valence-corrected chi connectivity index (χ2v) is 8.94. The smallest absolute Gasteiger partial charge is 0.343 e. The maximum Gasteiger partial charge on any atom is 0.343 e. The zero-order valence-corrected chi connectivity index (χ0v) is 20.0. The minimum absolute atomic E-state index is 0.158. The second-order valence-electron chi connectivity index (χ2n) is 8.94. The summed E-state index contributed by atoms with van der Waals surface area (Å²) in [6, 6.07) is 11.7. The molecule has 0 atom stereocenters. The van der Waals surface area contributed by atoms with Crippen LogP contribution in [0, 0.1) is 11.7 Å². The first-order valence-electron chi connectivity index (χ1n) is 12.4. The van der Waals surface area contributed by atoms with Gasteiger partial charge in [0.25, 0.3) is 0 Å². The van der Waals surface area contributed by atoms with Crippen molar-refractivity contribution in [2.75, 3.05) is 13.2 Å². The average molecular weight is 457 g/mol. The molecule has 0 bridgehead atoms. The highest BCUT2D eigenvalue weighted by atomic mass is 19.1. The van der Waals surface area contributed by atoms with E-state index in [1.54, 1.807) is 24.3 Å². The van der Waals surface area contributed by atoms with Gasteiger partial charge >= 0.3 is 5.97 Å². The van der Waals surface area contributed by atoms with Crippen molar-refractivity contribution in [2.45, 2.75) is 77.9 Å². The summed E-state index contributed by atoms with van der Waals surface area (Å²) in [5.41, 5.74) is 1.66. The number of halogens is 1. The van der Waals surface area contributed by atoms with Gasteiger partial charge in [-0.1, -0.05) is 77.0 Å². The molecule has 1 aliphatic rings. The largest absolute Gasteiger partial charge is 0.423 e. The minimum Gasteiger partial charge on any atom is -0.423 e. The fraction of sp³-hybridized carbons (Fsp3) is 0.536. The lowest BCUT2D eigenvalue weighted by atomic mass is 10.0. The van der Waals surface area contributed by atoms with Crippen LogP contribution in [0.25, 0.3) is 0 Å². The monoisotopic (exact) mass is 456 g/mol. The summed E-state index contributed by atoms with van der Waals surface area (Å²) < 4.78 is 31.7. The number of carbonyl (C=O) groups excluding carboxylic acids is 1. The lowest BCUT2D eigenvalue weighted by Crippen LogP contribution is -2.27. The van der Waals surface area contributed by atoms with Gasteiger partial charge in [-0.05, 0) is 42.7 Å². The number of carbonyl (C=O) groups is 1. The number of hydrogen-bond donors (Lipinski definition) is 0. The third-order valence-electron chi connectivity index (χ3n) is 6.10. The summed E-state index contributed by atoms with van der Waals surface area (Å²) in [4.78, 5) is 12.4. The second kappa shape index (κ2) is 13.5. The maximum absolute atomic E-state index is 14.8. The lowest BCUT2D eigenvalue weighted by Gasteiger charge is -2.30. The molecule has 0 radical (unpaired) electrons. The van der Waals surface area contributed by atoms with Gasteiger partial charge in [-0.15, -0.1) is 0 Å². The van der Waals surface area contributed by atoms with E-state index in [1.165, 1.54) is 50.2 Å². The molecule has 3 rings (SSSR count). The van der Waals surface area contributed by atoms with Crippen LogP contribution in [0.4, 0.5) is 4.39 Å². The Kier molecular flexibility index (Phi) is 10.4. The molecule has 2 aromatic carbocycles. The summed E-state index contributed by atoms with van der Waals surface area (Å²) in [7, 11) is 0. The van der Waals surface area contributed by atoms with Crippen molar-refractivity contribution in [3.8, 4) is 5.75 Å². The standard InChI is InChI=1S/C28H37FO4/c1-3-5-6-7-8-9-11-22-19-31-28(32-20-22)25-17-14-23(18-26(25)29)27(30)33-24-15-12-21(10-4-2)13-16-24/h12-18,22,28H,3-11,19-20H2,1-2H3. The molecule has 0 N–H and O–H groups in total. The number of aryl methyl sites for hydroxylation is 1. The van der Waals surface area contributed by atoms with Crippen molar-refractivity contribution < 1.29 is 23.4 Å². The number of rotatable bonds is 12. The Morgan fingerprint density at radius 1 is 0.939 bits per heavy atom. The Labute approximate surface area is 197 Å². The molecule has 0 saturated carbocycles. The summed E-state index contributed by atoms with van der Waals surface area (Å²) in [5, 5.41) is 0. The molecule has 0 amide bonds. The van der Waals surface area contributed by atoms with E-state index in [2.05, 4.69) is 13.8 Å². The first-order chi connectivity index (χ1) is 16.1. The fourth-order valence-corrected chi connectivity index (χ4v) is 4.13. The summed E-state index contributed by atoms with van der Waals surface area (Å²) in [6.45, 7) is 5.47. The molecule has 1 heterocycles. The molecule has 0 spiro atoms. The molecule has 180 valence electrons. The highest BCUT2D eigenvalue weighted by Crippen LogP contribution is 2.29. The van der Waals surface area contributed by atoms with Gasteiger partial charge in [0.05, 0.1) is 18.8 Å². The van der Waals surface area contributed by atoms with Gasteiger partial charge in [0, 0.05) is 11.5 Å². The van der Waals surface area contributed by atoms with Crippen molar-refractivity contribution in [1.29, 1.82) is 0 Å². The van der Waals surface area contributed by atoms with E-state index < -0.39 is 18.1 Å². The van der Waals surface area contributed by atoms with E-state index in [1.807, 2.05) is 12.1 Å². The Morgan fingerprint density at radius 3 is 2.30 bits per heavy atom. The van der Waals surface area contributed by atoms with Gasteiger partial charge in [0.2, 0.25) is 0 Å². The Balaban J connectivity index is 1.47. The van der Waals surface area contributed by atoms with Crippen LogP contribution in [-0.4, -0.2) is 19.2 Å². The summed E-state index contributed by atoms with van der Waals surface area (Å²) >= 11 is 0. The number of esters is 1. The maximum atomic E-state index is 14.8. The topological polar surface area (TPSA) is 44.8 Å². The van der Waals surface area contributed by atoms with E-state index in [9.17, 15) is 9.18 Å². The van der Waals surface area contributed by atoms with Crippen LogP contribution in [-0.2, 0) is 15.9 Å². The number of ether oxygens (including phenoxy) is 3. The SMILES string of the molecule is CCCCCCCCC1COC(c2ccc(C(=O)Oc3ccc(CCC)cc3)cc2F)OC1. The molecule has 1 fully saturated rings. The highest BCUT2D eigenvalue weighted by Gasteiger charge is 2.26. The number of hydrogen-bond acceptors (Lipinski definition) is 4. The molecule has 1 saturated heterocycles. The van der Waals surface area contributed by atoms with Crippen LogP contribution in [0.5, 0.6) is 5.75 Å². The van der Waals surface area contributed by atoms with E-state index >= 15 is 0 Å².